The summed E-state index contributed by atoms with van der Waals surface area (Å²) in [6.45, 7) is 6.57. The van der Waals surface area contributed by atoms with E-state index in [2.05, 4.69) is 0 Å². The van der Waals surface area contributed by atoms with Crippen LogP contribution in [0.25, 0.3) is 0 Å². The highest BCUT2D eigenvalue weighted by Crippen LogP contribution is 2.28. The first-order valence-electron chi connectivity index (χ1n) is 9.18. The topological polar surface area (TPSA) is 81.2 Å². The number of hydrogen-bond acceptors (Lipinski definition) is 6. The molecule has 0 spiro atoms. The van der Waals surface area contributed by atoms with E-state index in [0.717, 1.165) is 11.3 Å². The number of rotatable bonds is 8. The Kier molecular flexibility index (Phi) is 8.26. The second-order valence-corrected chi connectivity index (χ2v) is 10.5. The number of thiophene rings is 1. The quantitative estimate of drug-likeness (QED) is 0.591. The highest BCUT2D eigenvalue weighted by atomic mass is 35.5. The molecule has 0 unspecified atom stereocenters. The Bertz CT molecular complexity index is 787. The Balaban J connectivity index is 1.85. The van der Waals surface area contributed by atoms with Crippen molar-refractivity contribution in [1.29, 1.82) is 0 Å². The molecule has 2 rings (SSSR count). The van der Waals surface area contributed by atoms with Gasteiger partial charge in [0.25, 0.3) is 10.0 Å². The molecule has 28 heavy (non-hydrogen) atoms. The van der Waals surface area contributed by atoms with Gasteiger partial charge in [-0.2, -0.15) is 4.31 Å². The molecular formula is C17H27ClN4O4S2. The molecular weight excluding hydrogens is 424 g/mol. The molecule has 0 atom stereocenters. The molecule has 0 N–H and O–H groups in total. The van der Waals surface area contributed by atoms with Gasteiger partial charge in [0.2, 0.25) is 11.8 Å². The second-order valence-electron chi connectivity index (χ2n) is 6.58. The fourth-order valence-electron chi connectivity index (χ4n) is 3.04. The molecule has 11 heteroatoms. The van der Waals surface area contributed by atoms with Gasteiger partial charge in [0.1, 0.15) is 4.21 Å². The van der Waals surface area contributed by atoms with E-state index in [4.69, 9.17) is 11.6 Å². The average Bonchev–Trinajstić information content (AvgIpc) is 3.10. The number of carbonyl (C=O) groups excluding carboxylic acids is 2. The number of likely N-dealkylation sites (N-methyl/N-ethyl adjacent to an activating group) is 2. The zero-order chi connectivity index (χ0) is 20.9. The third kappa shape index (κ3) is 5.66. The van der Waals surface area contributed by atoms with E-state index in [-0.39, 0.29) is 42.2 Å². The third-order valence-electron chi connectivity index (χ3n) is 4.66. The number of halogens is 1. The van der Waals surface area contributed by atoms with Crippen molar-refractivity contribution in [2.75, 3.05) is 59.4 Å². The van der Waals surface area contributed by atoms with Gasteiger partial charge in [0.05, 0.1) is 17.4 Å². The summed E-state index contributed by atoms with van der Waals surface area (Å²) in [7, 11) is -1.84. The monoisotopic (exact) mass is 450 g/mol. The average molecular weight is 451 g/mol. The number of sulfonamides is 1. The predicted molar refractivity (Wildman–Crippen MR) is 110 cm³/mol. The summed E-state index contributed by atoms with van der Waals surface area (Å²) in [4.78, 5) is 29.7. The molecule has 1 aliphatic rings. The van der Waals surface area contributed by atoms with Gasteiger partial charge in [-0.15, -0.1) is 11.3 Å². The predicted octanol–water partition coefficient (Wildman–Crippen LogP) is 1.03. The Morgan fingerprint density at radius 2 is 1.71 bits per heavy atom. The summed E-state index contributed by atoms with van der Waals surface area (Å²) < 4.78 is 27.3. The lowest BCUT2D eigenvalue weighted by atomic mass is 10.3. The van der Waals surface area contributed by atoms with Crippen molar-refractivity contribution >= 4 is 44.8 Å². The number of piperazine rings is 1. The SMILES string of the molecule is CCN(CC)C(=O)CN(C)CC(=O)N1CCN(S(=O)(=O)c2ccc(Cl)s2)CC1. The highest BCUT2D eigenvalue weighted by molar-refractivity contribution is 7.91. The maximum absolute atomic E-state index is 12.6. The van der Waals surface area contributed by atoms with Crippen molar-refractivity contribution in [2.45, 2.75) is 18.1 Å². The first-order chi connectivity index (χ1) is 13.2. The highest BCUT2D eigenvalue weighted by Gasteiger charge is 2.31. The van der Waals surface area contributed by atoms with Crippen LogP contribution < -0.4 is 0 Å². The lowest BCUT2D eigenvalue weighted by Gasteiger charge is -2.34. The summed E-state index contributed by atoms with van der Waals surface area (Å²) in [5.74, 6) is -0.114. The Labute approximate surface area is 175 Å². The minimum Gasteiger partial charge on any atom is -0.342 e. The molecule has 1 saturated heterocycles. The van der Waals surface area contributed by atoms with E-state index in [1.807, 2.05) is 13.8 Å². The Morgan fingerprint density at radius 1 is 1.11 bits per heavy atom. The minimum atomic E-state index is -3.58. The van der Waals surface area contributed by atoms with Crippen LogP contribution in [0, 0.1) is 0 Å². The third-order valence-corrected chi connectivity index (χ3v) is 8.26. The van der Waals surface area contributed by atoms with Crippen molar-refractivity contribution in [3.8, 4) is 0 Å². The summed E-state index contributed by atoms with van der Waals surface area (Å²) in [5, 5.41) is 0. The van der Waals surface area contributed by atoms with Crippen molar-refractivity contribution in [1.82, 2.24) is 19.0 Å². The maximum Gasteiger partial charge on any atom is 0.252 e. The Hall–Kier alpha value is -1.20. The van der Waals surface area contributed by atoms with Gasteiger partial charge < -0.3 is 9.80 Å². The summed E-state index contributed by atoms with van der Waals surface area (Å²) in [5.41, 5.74) is 0. The normalized spacial score (nSPS) is 15.8. The van der Waals surface area contributed by atoms with Crippen LogP contribution in [0.1, 0.15) is 13.8 Å². The molecule has 1 aliphatic heterocycles. The number of carbonyl (C=O) groups is 2. The molecule has 1 aromatic heterocycles. The summed E-state index contributed by atoms with van der Waals surface area (Å²) in [6, 6.07) is 3.07. The molecule has 0 aromatic carbocycles. The zero-order valence-electron chi connectivity index (χ0n) is 16.4. The fraction of sp³-hybridized carbons (Fsp3) is 0.647. The summed E-state index contributed by atoms with van der Waals surface area (Å²) in [6.07, 6.45) is 0. The van der Waals surface area contributed by atoms with E-state index in [9.17, 15) is 18.0 Å². The molecule has 0 bridgehead atoms. The minimum absolute atomic E-state index is 0.00850. The molecule has 1 fully saturated rings. The van der Waals surface area contributed by atoms with E-state index < -0.39 is 10.0 Å². The molecule has 0 radical (unpaired) electrons. The van der Waals surface area contributed by atoms with Crippen LogP contribution in [-0.4, -0.2) is 98.6 Å². The fourth-order valence-corrected chi connectivity index (χ4v) is 6.09. The maximum atomic E-state index is 12.6. The largest absolute Gasteiger partial charge is 0.342 e. The van der Waals surface area contributed by atoms with Gasteiger partial charge in [-0.1, -0.05) is 11.6 Å². The van der Waals surface area contributed by atoms with Crippen LogP contribution in [0.2, 0.25) is 4.34 Å². The van der Waals surface area contributed by atoms with Gasteiger partial charge in [0.15, 0.2) is 0 Å². The van der Waals surface area contributed by atoms with E-state index in [1.165, 1.54) is 10.4 Å². The summed E-state index contributed by atoms with van der Waals surface area (Å²) >= 11 is 6.87. The van der Waals surface area contributed by atoms with Crippen LogP contribution in [0.3, 0.4) is 0 Å². The van der Waals surface area contributed by atoms with Crippen LogP contribution in [0.5, 0.6) is 0 Å². The van der Waals surface area contributed by atoms with Crippen molar-refractivity contribution in [3.63, 3.8) is 0 Å². The standard InChI is InChI=1S/C17H27ClN4O4S2/c1-4-20(5-2)15(23)12-19(3)13-16(24)21-8-10-22(11-9-21)28(25,26)17-7-6-14(18)27-17/h6-7H,4-5,8-13H2,1-3H3. The lowest BCUT2D eigenvalue weighted by molar-refractivity contribution is -0.135. The van der Waals surface area contributed by atoms with Crippen LogP contribution >= 0.6 is 22.9 Å². The van der Waals surface area contributed by atoms with Gasteiger partial charge >= 0.3 is 0 Å². The number of hydrogen-bond donors (Lipinski definition) is 0. The van der Waals surface area contributed by atoms with E-state index in [0.29, 0.717) is 30.5 Å². The molecule has 2 amide bonds. The molecule has 0 saturated carbocycles. The van der Waals surface area contributed by atoms with Gasteiger partial charge in [-0.3, -0.25) is 14.5 Å². The van der Waals surface area contributed by atoms with E-state index in [1.54, 1.807) is 27.8 Å². The Morgan fingerprint density at radius 3 is 2.21 bits per heavy atom. The molecule has 1 aromatic rings. The number of nitrogens with zero attached hydrogens (tertiary/aromatic N) is 4. The van der Waals surface area contributed by atoms with Gasteiger partial charge in [-0.05, 0) is 33.0 Å². The second kappa shape index (κ2) is 10.0. The van der Waals surface area contributed by atoms with Gasteiger partial charge in [0, 0.05) is 39.3 Å². The van der Waals surface area contributed by atoms with Crippen LogP contribution in [0.4, 0.5) is 0 Å². The number of amides is 2. The molecule has 2 heterocycles. The van der Waals surface area contributed by atoms with Crippen molar-refractivity contribution in [2.24, 2.45) is 0 Å². The lowest BCUT2D eigenvalue weighted by Crippen LogP contribution is -2.52. The first-order valence-corrected chi connectivity index (χ1v) is 11.8. The van der Waals surface area contributed by atoms with Crippen LogP contribution in [0.15, 0.2) is 16.3 Å². The first kappa shape index (κ1) is 23.1. The molecule has 158 valence electrons. The van der Waals surface area contributed by atoms with Crippen molar-refractivity contribution < 1.29 is 18.0 Å². The molecule has 8 nitrogen and oxygen atoms in total. The van der Waals surface area contributed by atoms with Crippen molar-refractivity contribution in [3.05, 3.63) is 16.5 Å². The smallest absolute Gasteiger partial charge is 0.252 e. The molecule has 0 aliphatic carbocycles. The zero-order valence-corrected chi connectivity index (χ0v) is 18.8. The van der Waals surface area contributed by atoms with E-state index >= 15 is 0 Å². The van der Waals surface area contributed by atoms with Crippen LogP contribution in [-0.2, 0) is 19.6 Å². The van der Waals surface area contributed by atoms with Gasteiger partial charge in [-0.25, -0.2) is 8.42 Å².